The first-order valence-corrected chi connectivity index (χ1v) is 4.68. The van der Waals surface area contributed by atoms with Crippen molar-refractivity contribution in [3.63, 3.8) is 0 Å². The Kier molecular flexibility index (Phi) is 2.47. The van der Waals surface area contributed by atoms with Gasteiger partial charge in [0.05, 0.1) is 11.9 Å². The number of benzene rings is 1. The molecule has 0 aliphatic heterocycles. The van der Waals surface area contributed by atoms with E-state index in [1.54, 1.807) is 6.07 Å². The van der Waals surface area contributed by atoms with Crippen LogP contribution in [-0.2, 0) is 11.3 Å². The zero-order valence-corrected chi connectivity index (χ0v) is 8.24. The van der Waals surface area contributed by atoms with E-state index in [9.17, 15) is 14.0 Å². The van der Waals surface area contributed by atoms with Crippen LogP contribution < -0.4 is 5.69 Å². The van der Waals surface area contributed by atoms with Gasteiger partial charge in [0.1, 0.15) is 11.3 Å². The number of carboxylic acids is 1. The first kappa shape index (κ1) is 10.4. The summed E-state index contributed by atoms with van der Waals surface area (Å²) < 4.78 is 14.5. The Morgan fingerprint density at radius 1 is 1.50 bits per heavy atom. The Hall–Kier alpha value is -2.11. The van der Waals surface area contributed by atoms with E-state index in [1.165, 1.54) is 16.7 Å². The fraction of sp³-hybridized carbons (Fsp3) is 0.200. The number of aromatic nitrogens is 2. The molecule has 2 N–H and O–H groups in total. The number of aromatic amines is 1. The molecular weight excluding hydrogens is 215 g/mol. The summed E-state index contributed by atoms with van der Waals surface area (Å²) >= 11 is 0. The number of nitrogens with zero attached hydrogens (tertiary/aromatic N) is 1. The molecule has 0 radical (unpaired) electrons. The third-order valence-corrected chi connectivity index (χ3v) is 2.31. The lowest BCUT2D eigenvalue weighted by atomic mass is 10.3. The van der Waals surface area contributed by atoms with Crippen molar-refractivity contribution in [3.8, 4) is 0 Å². The summed E-state index contributed by atoms with van der Waals surface area (Å²) in [5.41, 5.74) is -0.00881. The molecule has 5 nitrogen and oxygen atoms in total. The van der Waals surface area contributed by atoms with Crippen molar-refractivity contribution in [2.45, 2.75) is 13.0 Å². The molecule has 0 saturated heterocycles. The molecule has 0 unspecified atom stereocenters. The van der Waals surface area contributed by atoms with Crippen LogP contribution in [0.15, 0.2) is 23.0 Å². The van der Waals surface area contributed by atoms with E-state index in [2.05, 4.69) is 4.98 Å². The highest BCUT2D eigenvalue weighted by molar-refractivity contribution is 5.76. The van der Waals surface area contributed by atoms with Gasteiger partial charge in [-0.15, -0.1) is 0 Å². The van der Waals surface area contributed by atoms with E-state index in [0.717, 1.165) is 0 Å². The van der Waals surface area contributed by atoms with Crippen molar-refractivity contribution in [3.05, 3.63) is 34.5 Å². The van der Waals surface area contributed by atoms with Gasteiger partial charge in [0.2, 0.25) is 0 Å². The highest BCUT2D eigenvalue weighted by Gasteiger charge is 2.10. The molecule has 0 fully saturated rings. The standard InChI is InChI=1S/C10H9FN2O3/c11-6-2-1-3-7-9(6)12-10(16)13(7)5-4-8(14)15/h1-3H,4-5H2,(H,12,16)(H,14,15). The number of fused-ring (bicyclic) bond motifs is 1. The maximum atomic E-state index is 13.3. The Labute approximate surface area is 89.1 Å². The number of H-pyrrole nitrogens is 1. The topological polar surface area (TPSA) is 75.1 Å². The predicted octanol–water partition coefficient (Wildman–Crippen LogP) is 0.943. The molecule has 0 amide bonds. The molecule has 0 bridgehead atoms. The Morgan fingerprint density at radius 2 is 2.25 bits per heavy atom. The van der Waals surface area contributed by atoms with Crippen LogP contribution in [0.25, 0.3) is 11.0 Å². The largest absolute Gasteiger partial charge is 0.481 e. The fourth-order valence-corrected chi connectivity index (χ4v) is 1.57. The van der Waals surface area contributed by atoms with Gasteiger partial charge in [0.25, 0.3) is 0 Å². The van der Waals surface area contributed by atoms with Gasteiger partial charge in [-0.2, -0.15) is 0 Å². The number of carbonyl (C=O) groups is 1. The van der Waals surface area contributed by atoms with Gasteiger partial charge in [-0.3, -0.25) is 9.36 Å². The number of carboxylic acid groups (broad SMARTS) is 1. The van der Waals surface area contributed by atoms with Crippen molar-refractivity contribution in [1.82, 2.24) is 9.55 Å². The molecule has 0 atom stereocenters. The second kappa shape index (κ2) is 3.80. The van der Waals surface area contributed by atoms with Gasteiger partial charge in [-0.05, 0) is 12.1 Å². The van der Waals surface area contributed by atoms with Crippen molar-refractivity contribution >= 4 is 17.0 Å². The van der Waals surface area contributed by atoms with E-state index in [1.807, 2.05) is 0 Å². The third kappa shape index (κ3) is 1.69. The summed E-state index contributed by atoms with van der Waals surface area (Å²) in [5, 5.41) is 8.53. The molecule has 2 aromatic rings. The molecule has 0 aliphatic rings. The smallest absolute Gasteiger partial charge is 0.326 e. The van der Waals surface area contributed by atoms with E-state index in [4.69, 9.17) is 5.11 Å². The maximum absolute atomic E-state index is 13.3. The molecule has 1 aromatic carbocycles. The summed E-state index contributed by atoms with van der Waals surface area (Å²) in [7, 11) is 0. The molecule has 16 heavy (non-hydrogen) atoms. The molecule has 84 valence electrons. The monoisotopic (exact) mass is 224 g/mol. The van der Waals surface area contributed by atoms with Crippen LogP contribution in [0.5, 0.6) is 0 Å². The van der Waals surface area contributed by atoms with Gasteiger partial charge in [-0.25, -0.2) is 9.18 Å². The maximum Gasteiger partial charge on any atom is 0.326 e. The van der Waals surface area contributed by atoms with Gasteiger partial charge < -0.3 is 10.1 Å². The quantitative estimate of drug-likeness (QED) is 0.814. The van der Waals surface area contributed by atoms with Gasteiger partial charge in [-0.1, -0.05) is 6.07 Å². The second-order valence-electron chi connectivity index (χ2n) is 3.36. The minimum Gasteiger partial charge on any atom is -0.481 e. The van der Waals surface area contributed by atoms with Crippen LogP contribution >= 0.6 is 0 Å². The average molecular weight is 224 g/mol. The molecule has 0 spiro atoms. The van der Waals surface area contributed by atoms with E-state index in [-0.39, 0.29) is 18.5 Å². The summed E-state index contributed by atoms with van der Waals surface area (Å²) in [6, 6.07) is 4.28. The third-order valence-electron chi connectivity index (χ3n) is 2.31. The lowest BCUT2D eigenvalue weighted by molar-refractivity contribution is -0.137. The Bertz CT molecular complexity index is 600. The highest BCUT2D eigenvalue weighted by atomic mass is 19.1. The van der Waals surface area contributed by atoms with E-state index < -0.39 is 17.5 Å². The first-order valence-electron chi connectivity index (χ1n) is 4.68. The second-order valence-corrected chi connectivity index (χ2v) is 3.36. The molecule has 6 heteroatoms. The van der Waals surface area contributed by atoms with Gasteiger partial charge in [0.15, 0.2) is 0 Å². The van der Waals surface area contributed by atoms with Gasteiger partial charge >= 0.3 is 11.7 Å². The molecule has 0 saturated carbocycles. The highest BCUT2D eigenvalue weighted by Crippen LogP contribution is 2.13. The van der Waals surface area contributed by atoms with Crippen LogP contribution in [-0.4, -0.2) is 20.6 Å². The van der Waals surface area contributed by atoms with Crippen LogP contribution in [0.3, 0.4) is 0 Å². The van der Waals surface area contributed by atoms with Crippen LogP contribution in [0, 0.1) is 5.82 Å². The number of rotatable bonds is 3. The lowest BCUT2D eigenvalue weighted by Gasteiger charge is -2.00. The van der Waals surface area contributed by atoms with Gasteiger partial charge in [0, 0.05) is 6.54 Å². The summed E-state index contributed by atoms with van der Waals surface area (Å²) in [6.07, 6.45) is -0.177. The number of para-hydroxylation sites is 1. The van der Waals surface area contributed by atoms with Crippen molar-refractivity contribution < 1.29 is 14.3 Å². The van der Waals surface area contributed by atoms with E-state index in [0.29, 0.717) is 5.52 Å². The summed E-state index contributed by atoms with van der Waals surface area (Å²) in [6.45, 7) is 0.0254. The molecule has 2 rings (SSSR count). The first-order chi connectivity index (χ1) is 7.59. The zero-order valence-electron chi connectivity index (χ0n) is 8.24. The number of hydrogen-bond acceptors (Lipinski definition) is 2. The number of nitrogens with one attached hydrogen (secondary N) is 1. The minimum atomic E-state index is -1.00. The summed E-state index contributed by atoms with van der Waals surface area (Å²) in [5.74, 6) is -1.53. The molecule has 1 aromatic heterocycles. The van der Waals surface area contributed by atoms with Crippen LogP contribution in [0.1, 0.15) is 6.42 Å². The SMILES string of the molecule is O=C(O)CCn1c(=O)[nH]c2c(F)cccc21. The average Bonchev–Trinajstić information content (AvgIpc) is 2.53. The Balaban J connectivity index is 2.52. The van der Waals surface area contributed by atoms with Crippen molar-refractivity contribution in [1.29, 1.82) is 0 Å². The lowest BCUT2D eigenvalue weighted by Crippen LogP contribution is -2.18. The van der Waals surface area contributed by atoms with Crippen LogP contribution in [0.2, 0.25) is 0 Å². The minimum absolute atomic E-state index is 0.0254. The van der Waals surface area contributed by atoms with Crippen molar-refractivity contribution in [2.24, 2.45) is 0 Å². The number of hydrogen-bond donors (Lipinski definition) is 2. The summed E-state index contributed by atoms with van der Waals surface area (Å²) in [4.78, 5) is 24.2. The van der Waals surface area contributed by atoms with E-state index >= 15 is 0 Å². The predicted molar refractivity (Wildman–Crippen MR) is 54.8 cm³/mol. The fourth-order valence-electron chi connectivity index (χ4n) is 1.57. The molecule has 0 aliphatic carbocycles. The number of imidazole rings is 1. The number of halogens is 1. The van der Waals surface area contributed by atoms with Crippen molar-refractivity contribution in [2.75, 3.05) is 0 Å². The number of aryl methyl sites for hydroxylation is 1. The normalized spacial score (nSPS) is 10.8. The Morgan fingerprint density at radius 3 is 2.94 bits per heavy atom. The zero-order chi connectivity index (χ0) is 11.7. The number of aliphatic carboxylic acids is 1. The van der Waals surface area contributed by atoms with Crippen LogP contribution in [0.4, 0.5) is 4.39 Å². The molecular formula is C10H9FN2O3. The molecule has 1 heterocycles.